The van der Waals surface area contributed by atoms with Crippen LogP contribution in [0.2, 0.25) is 0 Å². The molecule has 0 aromatic rings. The van der Waals surface area contributed by atoms with Crippen molar-refractivity contribution < 1.29 is 9.53 Å². The third kappa shape index (κ3) is 5.74. The van der Waals surface area contributed by atoms with Crippen LogP contribution in [-0.2, 0) is 9.53 Å². The molecule has 0 aromatic heterocycles. The zero-order valence-electron chi connectivity index (χ0n) is 12.7. The second kappa shape index (κ2) is 8.85. The van der Waals surface area contributed by atoms with Gasteiger partial charge < -0.3 is 10.1 Å². The average Bonchev–Trinajstić information content (AvgIpc) is 2.90. The molecule has 0 radical (unpaired) electrons. The minimum atomic E-state index is -0.532. The van der Waals surface area contributed by atoms with Crippen molar-refractivity contribution in [3.05, 3.63) is 0 Å². The highest BCUT2D eigenvalue weighted by Gasteiger charge is 2.34. The molecule has 0 saturated heterocycles. The van der Waals surface area contributed by atoms with Crippen molar-refractivity contribution in [3.8, 4) is 0 Å². The zero-order valence-corrected chi connectivity index (χ0v) is 13.5. The molecule has 112 valence electrons. The number of esters is 1. The van der Waals surface area contributed by atoms with Gasteiger partial charge in [0.15, 0.2) is 0 Å². The van der Waals surface area contributed by atoms with Gasteiger partial charge in [0.2, 0.25) is 0 Å². The van der Waals surface area contributed by atoms with Crippen molar-refractivity contribution in [1.82, 2.24) is 5.32 Å². The molecule has 1 rings (SSSR count). The van der Waals surface area contributed by atoms with Crippen molar-refractivity contribution in [2.75, 3.05) is 24.7 Å². The summed E-state index contributed by atoms with van der Waals surface area (Å²) in [5.74, 6) is 2.75. The van der Waals surface area contributed by atoms with Crippen LogP contribution in [0.3, 0.4) is 0 Å². The minimum Gasteiger partial charge on any atom is -0.465 e. The van der Waals surface area contributed by atoms with Gasteiger partial charge in [-0.05, 0) is 51.3 Å². The van der Waals surface area contributed by atoms with Gasteiger partial charge >= 0.3 is 5.97 Å². The lowest BCUT2D eigenvalue weighted by molar-refractivity contribution is -0.149. The molecule has 1 aliphatic carbocycles. The zero-order chi connectivity index (χ0) is 14.1. The van der Waals surface area contributed by atoms with Crippen LogP contribution >= 0.6 is 11.8 Å². The molecule has 19 heavy (non-hydrogen) atoms. The van der Waals surface area contributed by atoms with Crippen molar-refractivity contribution >= 4 is 17.7 Å². The van der Waals surface area contributed by atoms with Crippen LogP contribution in [0.5, 0.6) is 0 Å². The molecule has 1 saturated carbocycles. The summed E-state index contributed by atoms with van der Waals surface area (Å²) < 4.78 is 5.21. The minimum absolute atomic E-state index is 0.109. The maximum Gasteiger partial charge on any atom is 0.326 e. The molecule has 1 aliphatic rings. The highest BCUT2D eigenvalue weighted by atomic mass is 32.2. The number of thioether (sulfide) groups is 1. The first-order chi connectivity index (χ1) is 9.12. The molecule has 3 nitrogen and oxygen atoms in total. The Hall–Kier alpha value is -0.220. The van der Waals surface area contributed by atoms with E-state index in [1.807, 2.05) is 25.6 Å². The first kappa shape index (κ1) is 16.8. The lowest BCUT2D eigenvalue weighted by Gasteiger charge is -2.28. The number of hydrogen-bond donors (Lipinski definition) is 1. The molecular formula is C15H29NO2S. The van der Waals surface area contributed by atoms with Crippen LogP contribution in [0.1, 0.15) is 52.9 Å². The van der Waals surface area contributed by atoms with E-state index in [1.165, 1.54) is 31.4 Å². The maximum atomic E-state index is 12.1. The number of rotatable bonds is 9. The summed E-state index contributed by atoms with van der Waals surface area (Å²) in [4.78, 5) is 12.1. The Balaban J connectivity index is 2.40. The summed E-state index contributed by atoms with van der Waals surface area (Å²) >= 11 is 1.90. The fraction of sp³-hybridized carbons (Fsp3) is 0.933. The molecule has 0 heterocycles. The Kier molecular flexibility index (Phi) is 7.84. The number of hydrogen-bond acceptors (Lipinski definition) is 4. The van der Waals surface area contributed by atoms with Gasteiger partial charge in [0.05, 0.1) is 6.61 Å². The Labute approximate surface area is 122 Å². The fourth-order valence-corrected chi connectivity index (χ4v) is 3.89. The summed E-state index contributed by atoms with van der Waals surface area (Å²) in [6, 6.07) is 0. The van der Waals surface area contributed by atoms with Crippen LogP contribution in [0, 0.1) is 5.92 Å². The van der Waals surface area contributed by atoms with E-state index in [0.717, 1.165) is 24.6 Å². The van der Waals surface area contributed by atoms with Gasteiger partial charge in [-0.1, -0.05) is 19.8 Å². The lowest BCUT2D eigenvalue weighted by atomic mass is 10.1. The Morgan fingerprint density at radius 3 is 2.63 bits per heavy atom. The van der Waals surface area contributed by atoms with Crippen LogP contribution in [-0.4, -0.2) is 36.2 Å². The molecule has 1 unspecified atom stereocenters. The molecule has 1 fully saturated rings. The summed E-state index contributed by atoms with van der Waals surface area (Å²) in [6.07, 6.45) is 6.53. The van der Waals surface area contributed by atoms with Crippen LogP contribution in [0.25, 0.3) is 0 Å². The molecule has 0 aromatic carbocycles. The van der Waals surface area contributed by atoms with E-state index in [4.69, 9.17) is 4.74 Å². The average molecular weight is 287 g/mol. The Morgan fingerprint density at radius 2 is 2.05 bits per heavy atom. The van der Waals surface area contributed by atoms with Gasteiger partial charge in [0.25, 0.3) is 0 Å². The molecule has 0 spiro atoms. The second-order valence-corrected chi connectivity index (χ2v) is 6.68. The number of carbonyl (C=O) groups excluding carboxylic acids is 1. The summed E-state index contributed by atoms with van der Waals surface area (Å²) in [6.45, 7) is 7.27. The van der Waals surface area contributed by atoms with Crippen molar-refractivity contribution in [1.29, 1.82) is 0 Å². The first-order valence-electron chi connectivity index (χ1n) is 7.62. The van der Waals surface area contributed by atoms with Gasteiger partial charge in [0.1, 0.15) is 5.54 Å². The summed E-state index contributed by atoms with van der Waals surface area (Å²) in [5.41, 5.74) is -0.532. The molecule has 0 bridgehead atoms. The molecule has 1 N–H and O–H groups in total. The normalized spacial score (nSPS) is 19.3. The van der Waals surface area contributed by atoms with Crippen LogP contribution < -0.4 is 5.32 Å². The van der Waals surface area contributed by atoms with E-state index in [-0.39, 0.29) is 5.97 Å². The fourth-order valence-electron chi connectivity index (χ4n) is 2.48. The van der Waals surface area contributed by atoms with E-state index in [2.05, 4.69) is 12.2 Å². The predicted molar refractivity (Wildman–Crippen MR) is 82.6 cm³/mol. The van der Waals surface area contributed by atoms with E-state index in [1.54, 1.807) is 0 Å². The highest BCUT2D eigenvalue weighted by Crippen LogP contribution is 2.29. The molecular weight excluding hydrogens is 258 g/mol. The van der Waals surface area contributed by atoms with Gasteiger partial charge in [-0.15, -0.1) is 0 Å². The molecule has 4 heteroatoms. The van der Waals surface area contributed by atoms with Crippen LogP contribution in [0.4, 0.5) is 0 Å². The van der Waals surface area contributed by atoms with Crippen LogP contribution in [0.15, 0.2) is 0 Å². The van der Waals surface area contributed by atoms with Crippen molar-refractivity contribution in [2.24, 2.45) is 5.92 Å². The van der Waals surface area contributed by atoms with E-state index >= 15 is 0 Å². The second-order valence-electron chi connectivity index (χ2n) is 5.64. The third-order valence-corrected chi connectivity index (χ3v) is 5.20. The number of ether oxygens (including phenoxy) is 1. The van der Waals surface area contributed by atoms with Gasteiger partial charge in [0, 0.05) is 5.75 Å². The van der Waals surface area contributed by atoms with E-state index < -0.39 is 5.54 Å². The number of carbonyl (C=O) groups is 1. The standard InChI is InChI=1S/C15H29NO2S/c1-4-10-16-15(3,14(17)18-5-2)12-19-11-13-8-6-7-9-13/h13,16H,4-12H2,1-3H3. The van der Waals surface area contributed by atoms with Crippen molar-refractivity contribution in [3.63, 3.8) is 0 Å². The monoisotopic (exact) mass is 287 g/mol. The largest absolute Gasteiger partial charge is 0.465 e. The highest BCUT2D eigenvalue weighted by molar-refractivity contribution is 7.99. The summed E-state index contributed by atoms with van der Waals surface area (Å²) in [7, 11) is 0. The summed E-state index contributed by atoms with van der Waals surface area (Å²) in [5, 5.41) is 3.36. The van der Waals surface area contributed by atoms with Gasteiger partial charge in [-0.2, -0.15) is 11.8 Å². The maximum absolute atomic E-state index is 12.1. The third-order valence-electron chi connectivity index (χ3n) is 3.71. The molecule has 0 aliphatic heterocycles. The molecule has 1 atom stereocenters. The molecule has 0 amide bonds. The number of nitrogens with one attached hydrogen (secondary N) is 1. The predicted octanol–water partition coefficient (Wildman–Crippen LogP) is 3.23. The lowest BCUT2D eigenvalue weighted by Crippen LogP contribution is -2.53. The Bertz CT molecular complexity index is 267. The van der Waals surface area contributed by atoms with Gasteiger partial charge in [-0.3, -0.25) is 4.79 Å². The van der Waals surface area contributed by atoms with E-state index in [0.29, 0.717) is 6.61 Å². The smallest absolute Gasteiger partial charge is 0.326 e. The SMILES string of the molecule is CCCNC(C)(CSCC1CCCC1)C(=O)OCC. The first-order valence-corrected chi connectivity index (χ1v) is 8.78. The van der Waals surface area contributed by atoms with Crippen molar-refractivity contribution in [2.45, 2.75) is 58.4 Å². The Morgan fingerprint density at radius 1 is 1.37 bits per heavy atom. The van der Waals surface area contributed by atoms with E-state index in [9.17, 15) is 4.79 Å². The van der Waals surface area contributed by atoms with Gasteiger partial charge in [-0.25, -0.2) is 0 Å². The quantitative estimate of drug-likeness (QED) is 0.661. The topological polar surface area (TPSA) is 38.3 Å².